The molecule has 5 heteroatoms. The normalized spacial score (nSPS) is 12.3. The molecule has 2 aromatic carbocycles. The van der Waals surface area contributed by atoms with Crippen LogP contribution in [0.1, 0.15) is 24.1 Å². The second-order valence-electron chi connectivity index (χ2n) is 4.62. The molecule has 0 aliphatic heterocycles. The second kappa shape index (κ2) is 5.87. The summed E-state index contributed by atoms with van der Waals surface area (Å²) in [6, 6.07) is 6.65. The largest absolute Gasteiger partial charge is 0.374 e. The van der Waals surface area contributed by atoms with Crippen molar-refractivity contribution < 1.29 is 13.2 Å². The van der Waals surface area contributed by atoms with Crippen molar-refractivity contribution in [2.75, 3.05) is 5.32 Å². The zero-order valence-electron chi connectivity index (χ0n) is 11.0. The number of hydrogen-bond acceptors (Lipinski definition) is 1. The van der Waals surface area contributed by atoms with Gasteiger partial charge in [0.15, 0.2) is 0 Å². The maximum absolute atomic E-state index is 13.7. The Morgan fingerprint density at radius 1 is 1.00 bits per heavy atom. The fourth-order valence-electron chi connectivity index (χ4n) is 1.86. The molecule has 1 nitrogen and oxygen atoms in total. The van der Waals surface area contributed by atoms with E-state index in [2.05, 4.69) is 21.2 Å². The molecule has 0 radical (unpaired) electrons. The minimum atomic E-state index is -0.698. The highest BCUT2D eigenvalue weighted by Crippen LogP contribution is 2.28. The van der Waals surface area contributed by atoms with Gasteiger partial charge >= 0.3 is 0 Å². The number of benzene rings is 2. The average Bonchev–Trinajstić information content (AvgIpc) is 2.36. The Kier molecular flexibility index (Phi) is 4.38. The van der Waals surface area contributed by atoms with Gasteiger partial charge in [-0.3, -0.25) is 0 Å². The second-order valence-corrected chi connectivity index (χ2v) is 5.53. The lowest BCUT2D eigenvalue weighted by Gasteiger charge is -2.17. The molecule has 1 unspecified atom stereocenters. The molecule has 0 aliphatic rings. The molecule has 1 N–H and O–H groups in total. The predicted octanol–water partition coefficient (Wildman–Crippen LogP) is 5.35. The highest BCUT2D eigenvalue weighted by molar-refractivity contribution is 9.10. The van der Waals surface area contributed by atoms with E-state index in [4.69, 9.17) is 0 Å². The van der Waals surface area contributed by atoms with Crippen LogP contribution in [0.4, 0.5) is 18.9 Å². The summed E-state index contributed by atoms with van der Waals surface area (Å²) in [4.78, 5) is 0. The summed E-state index contributed by atoms with van der Waals surface area (Å²) < 4.78 is 41.3. The number of nitrogens with one attached hydrogen (secondary N) is 1. The SMILES string of the molecule is Cc1ccc(C(C)Nc2c(F)cc(Br)cc2F)cc1F. The van der Waals surface area contributed by atoms with Gasteiger partial charge in [-0.2, -0.15) is 0 Å². The van der Waals surface area contributed by atoms with Crippen LogP contribution in [0.5, 0.6) is 0 Å². The Balaban J connectivity index is 2.27. The average molecular weight is 344 g/mol. The van der Waals surface area contributed by atoms with E-state index in [1.807, 2.05) is 0 Å². The predicted molar refractivity (Wildman–Crippen MR) is 77.2 cm³/mol. The van der Waals surface area contributed by atoms with Crippen molar-refractivity contribution in [3.63, 3.8) is 0 Å². The van der Waals surface area contributed by atoms with Crippen LogP contribution in [0.3, 0.4) is 0 Å². The fourth-order valence-corrected chi connectivity index (χ4v) is 2.26. The maximum Gasteiger partial charge on any atom is 0.150 e. The van der Waals surface area contributed by atoms with E-state index < -0.39 is 17.7 Å². The Bertz CT molecular complexity index is 620. The highest BCUT2D eigenvalue weighted by atomic mass is 79.9. The smallest absolute Gasteiger partial charge is 0.150 e. The van der Waals surface area contributed by atoms with E-state index in [1.165, 1.54) is 18.2 Å². The summed E-state index contributed by atoms with van der Waals surface area (Å²) in [6.07, 6.45) is 0. The molecule has 20 heavy (non-hydrogen) atoms. The molecule has 1 atom stereocenters. The van der Waals surface area contributed by atoms with Crippen LogP contribution in [0.25, 0.3) is 0 Å². The van der Waals surface area contributed by atoms with Gasteiger partial charge in [-0.1, -0.05) is 28.1 Å². The van der Waals surface area contributed by atoms with Gasteiger partial charge in [-0.25, -0.2) is 13.2 Å². The summed E-state index contributed by atoms with van der Waals surface area (Å²) >= 11 is 3.02. The lowest BCUT2D eigenvalue weighted by molar-refractivity contribution is 0.582. The third kappa shape index (κ3) is 3.15. The molecule has 0 spiro atoms. The number of aryl methyl sites for hydroxylation is 1. The molecule has 2 rings (SSSR count). The fraction of sp³-hybridized carbons (Fsp3) is 0.200. The first-order valence-electron chi connectivity index (χ1n) is 6.05. The molecular formula is C15H13BrF3N. The van der Waals surface area contributed by atoms with Crippen LogP contribution in [0.15, 0.2) is 34.8 Å². The third-order valence-electron chi connectivity index (χ3n) is 3.06. The monoisotopic (exact) mass is 343 g/mol. The van der Waals surface area contributed by atoms with Crippen molar-refractivity contribution in [1.82, 2.24) is 0 Å². The van der Waals surface area contributed by atoms with Gasteiger partial charge in [0.05, 0.1) is 0 Å². The lowest BCUT2D eigenvalue weighted by atomic mass is 10.1. The Morgan fingerprint density at radius 2 is 1.60 bits per heavy atom. The van der Waals surface area contributed by atoms with Crippen LogP contribution in [-0.2, 0) is 0 Å². The summed E-state index contributed by atoms with van der Waals surface area (Å²) in [5.41, 5.74) is 0.929. The first-order chi connectivity index (χ1) is 9.38. The van der Waals surface area contributed by atoms with Gasteiger partial charge in [0.25, 0.3) is 0 Å². The van der Waals surface area contributed by atoms with Gasteiger partial charge in [-0.15, -0.1) is 0 Å². The van der Waals surface area contributed by atoms with Crippen LogP contribution < -0.4 is 5.32 Å². The van der Waals surface area contributed by atoms with Crippen LogP contribution in [0, 0.1) is 24.4 Å². The third-order valence-corrected chi connectivity index (χ3v) is 3.52. The maximum atomic E-state index is 13.7. The zero-order valence-corrected chi connectivity index (χ0v) is 12.6. The van der Waals surface area contributed by atoms with E-state index in [-0.39, 0.29) is 11.5 Å². The van der Waals surface area contributed by atoms with Crippen molar-refractivity contribution in [1.29, 1.82) is 0 Å². The van der Waals surface area contributed by atoms with Crippen molar-refractivity contribution in [3.8, 4) is 0 Å². The van der Waals surface area contributed by atoms with E-state index in [0.29, 0.717) is 15.6 Å². The number of hydrogen-bond donors (Lipinski definition) is 1. The van der Waals surface area contributed by atoms with Crippen molar-refractivity contribution in [3.05, 3.63) is 63.4 Å². The summed E-state index contributed by atoms with van der Waals surface area (Å²) in [7, 11) is 0. The van der Waals surface area contributed by atoms with E-state index in [1.54, 1.807) is 26.0 Å². The van der Waals surface area contributed by atoms with E-state index in [9.17, 15) is 13.2 Å². The Labute approximate surface area is 123 Å². The van der Waals surface area contributed by atoms with Crippen molar-refractivity contribution in [2.45, 2.75) is 19.9 Å². The quantitative estimate of drug-likeness (QED) is 0.792. The molecule has 0 fully saturated rings. The highest BCUT2D eigenvalue weighted by Gasteiger charge is 2.14. The molecule has 0 aliphatic carbocycles. The molecule has 0 saturated carbocycles. The zero-order chi connectivity index (χ0) is 14.9. The molecule has 0 bridgehead atoms. The van der Waals surface area contributed by atoms with Crippen LogP contribution in [0.2, 0.25) is 0 Å². The first-order valence-corrected chi connectivity index (χ1v) is 6.85. The molecular weight excluding hydrogens is 331 g/mol. The minimum Gasteiger partial charge on any atom is -0.374 e. The van der Waals surface area contributed by atoms with Gasteiger partial charge in [0.2, 0.25) is 0 Å². The summed E-state index contributed by atoms with van der Waals surface area (Å²) in [5.74, 6) is -1.74. The van der Waals surface area contributed by atoms with Gasteiger partial charge in [0.1, 0.15) is 23.1 Å². The summed E-state index contributed by atoms with van der Waals surface area (Å²) in [6.45, 7) is 3.37. The Hall–Kier alpha value is -1.49. The van der Waals surface area contributed by atoms with Crippen molar-refractivity contribution >= 4 is 21.6 Å². The number of rotatable bonds is 3. The molecule has 0 saturated heterocycles. The van der Waals surface area contributed by atoms with Gasteiger partial charge in [-0.05, 0) is 43.2 Å². The molecule has 0 heterocycles. The van der Waals surface area contributed by atoms with Crippen LogP contribution >= 0.6 is 15.9 Å². The number of halogens is 4. The molecule has 0 amide bonds. The standard InChI is InChI=1S/C15H13BrF3N/c1-8-3-4-10(5-12(8)17)9(2)20-15-13(18)6-11(16)7-14(15)19/h3-7,9,20H,1-2H3. The lowest BCUT2D eigenvalue weighted by Crippen LogP contribution is -2.10. The number of anilines is 1. The van der Waals surface area contributed by atoms with E-state index in [0.717, 1.165) is 0 Å². The topological polar surface area (TPSA) is 12.0 Å². The molecule has 2 aromatic rings. The minimum absolute atomic E-state index is 0.221. The van der Waals surface area contributed by atoms with Gasteiger partial charge < -0.3 is 5.32 Å². The summed E-state index contributed by atoms with van der Waals surface area (Å²) in [5, 5.41) is 2.73. The van der Waals surface area contributed by atoms with E-state index >= 15 is 0 Å². The van der Waals surface area contributed by atoms with Crippen molar-refractivity contribution in [2.24, 2.45) is 0 Å². The molecule has 106 valence electrons. The first kappa shape index (κ1) is 14.9. The molecule has 0 aromatic heterocycles. The van der Waals surface area contributed by atoms with Crippen LogP contribution in [-0.4, -0.2) is 0 Å². The van der Waals surface area contributed by atoms with Gasteiger partial charge in [0, 0.05) is 10.5 Å². The Morgan fingerprint density at radius 3 is 2.15 bits per heavy atom.